The van der Waals surface area contributed by atoms with E-state index in [0.29, 0.717) is 5.56 Å². The van der Waals surface area contributed by atoms with E-state index < -0.39 is 12.1 Å². The molecule has 13 heavy (non-hydrogen) atoms. The van der Waals surface area contributed by atoms with Crippen molar-refractivity contribution < 1.29 is 14.6 Å². The van der Waals surface area contributed by atoms with Crippen molar-refractivity contribution in [1.29, 1.82) is 0 Å². The molecule has 1 aromatic rings. The van der Waals surface area contributed by atoms with Crippen molar-refractivity contribution in [2.45, 2.75) is 12.5 Å². The highest BCUT2D eigenvalue weighted by Crippen LogP contribution is 2.13. The topological polar surface area (TPSA) is 72.3 Å². The Morgan fingerprint density at radius 2 is 2.23 bits per heavy atom. The Morgan fingerprint density at radius 3 is 2.77 bits per heavy atom. The number of carbonyl (C=O) groups excluding carboxylic acids is 1. The maximum atomic E-state index is 10.8. The Kier molecular flexibility index (Phi) is 3.33. The van der Waals surface area contributed by atoms with Gasteiger partial charge in [-0.15, -0.1) is 0 Å². The number of aliphatic hydroxyl groups excluding tert-OH is 1. The highest BCUT2D eigenvalue weighted by atomic mass is 16.5. The molecule has 0 saturated carbocycles. The van der Waals surface area contributed by atoms with Gasteiger partial charge in [0.05, 0.1) is 19.6 Å². The molecule has 0 bridgehead atoms. The van der Waals surface area contributed by atoms with Crippen molar-refractivity contribution in [2.75, 3.05) is 7.11 Å². The SMILES string of the molecule is COC(=O)CC(O)c1cncnc1. The molecule has 0 fully saturated rings. The number of esters is 1. The van der Waals surface area contributed by atoms with Gasteiger partial charge in [0.25, 0.3) is 0 Å². The van der Waals surface area contributed by atoms with Gasteiger partial charge in [0, 0.05) is 18.0 Å². The Labute approximate surface area is 75.4 Å². The lowest BCUT2D eigenvalue weighted by atomic mass is 10.1. The molecular formula is C8H10N2O3. The first-order valence-corrected chi connectivity index (χ1v) is 3.74. The van der Waals surface area contributed by atoms with Crippen molar-refractivity contribution in [2.24, 2.45) is 0 Å². The van der Waals surface area contributed by atoms with Crippen LogP contribution in [0.2, 0.25) is 0 Å². The van der Waals surface area contributed by atoms with E-state index in [9.17, 15) is 9.90 Å². The molecule has 0 aromatic carbocycles. The predicted molar refractivity (Wildman–Crippen MR) is 43.6 cm³/mol. The molecule has 0 spiro atoms. The lowest BCUT2D eigenvalue weighted by Gasteiger charge is -2.07. The smallest absolute Gasteiger partial charge is 0.308 e. The molecule has 0 aliphatic carbocycles. The van der Waals surface area contributed by atoms with Gasteiger partial charge in [-0.3, -0.25) is 4.79 Å². The summed E-state index contributed by atoms with van der Waals surface area (Å²) in [6, 6.07) is 0. The fourth-order valence-electron chi connectivity index (χ4n) is 0.842. The van der Waals surface area contributed by atoms with E-state index in [1.807, 2.05) is 0 Å². The van der Waals surface area contributed by atoms with Gasteiger partial charge in [-0.1, -0.05) is 0 Å². The number of methoxy groups -OCH3 is 1. The summed E-state index contributed by atoms with van der Waals surface area (Å²) >= 11 is 0. The number of rotatable bonds is 3. The number of hydrogen-bond donors (Lipinski definition) is 1. The summed E-state index contributed by atoms with van der Waals surface area (Å²) in [6.07, 6.45) is 3.30. The average molecular weight is 182 g/mol. The van der Waals surface area contributed by atoms with Gasteiger partial charge in [0.2, 0.25) is 0 Å². The standard InChI is InChI=1S/C8H10N2O3/c1-13-8(12)2-7(11)6-3-9-5-10-4-6/h3-5,7,11H,2H2,1H3. The highest BCUT2D eigenvalue weighted by Gasteiger charge is 2.13. The lowest BCUT2D eigenvalue weighted by molar-refractivity contribution is -0.142. The van der Waals surface area contributed by atoms with Crippen LogP contribution in [0.15, 0.2) is 18.7 Å². The van der Waals surface area contributed by atoms with E-state index in [1.54, 1.807) is 0 Å². The average Bonchev–Trinajstić information content (AvgIpc) is 2.19. The second-order valence-corrected chi connectivity index (χ2v) is 2.47. The maximum absolute atomic E-state index is 10.8. The lowest BCUT2D eigenvalue weighted by Crippen LogP contribution is -2.08. The van der Waals surface area contributed by atoms with Crippen LogP contribution in [0.3, 0.4) is 0 Å². The number of aliphatic hydroxyl groups is 1. The first-order valence-electron chi connectivity index (χ1n) is 3.74. The highest BCUT2D eigenvalue weighted by molar-refractivity contribution is 5.69. The van der Waals surface area contributed by atoms with Crippen LogP contribution in [-0.2, 0) is 9.53 Å². The van der Waals surface area contributed by atoms with Crippen LogP contribution < -0.4 is 0 Å². The number of aromatic nitrogens is 2. The zero-order chi connectivity index (χ0) is 9.68. The van der Waals surface area contributed by atoms with Crippen molar-refractivity contribution in [1.82, 2.24) is 9.97 Å². The van der Waals surface area contributed by atoms with Crippen LogP contribution in [0.4, 0.5) is 0 Å². The molecule has 0 saturated heterocycles. The monoisotopic (exact) mass is 182 g/mol. The summed E-state index contributed by atoms with van der Waals surface area (Å²) < 4.78 is 4.40. The van der Waals surface area contributed by atoms with E-state index in [-0.39, 0.29) is 6.42 Å². The molecule has 5 nitrogen and oxygen atoms in total. The second kappa shape index (κ2) is 4.51. The third-order valence-corrected chi connectivity index (χ3v) is 1.55. The summed E-state index contributed by atoms with van der Waals surface area (Å²) in [6.45, 7) is 0. The molecule has 0 amide bonds. The minimum absolute atomic E-state index is 0.0795. The normalized spacial score (nSPS) is 12.2. The molecule has 1 aromatic heterocycles. The first kappa shape index (κ1) is 9.60. The second-order valence-electron chi connectivity index (χ2n) is 2.47. The van der Waals surface area contributed by atoms with Gasteiger partial charge in [-0.25, -0.2) is 9.97 Å². The van der Waals surface area contributed by atoms with Crippen molar-refractivity contribution in [3.63, 3.8) is 0 Å². The molecule has 0 aliphatic heterocycles. The molecule has 1 N–H and O–H groups in total. The Balaban J connectivity index is 2.59. The Bertz CT molecular complexity index is 276. The molecular weight excluding hydrogens is 172 g/mol. The van der Waals surface area contributed by atoms with Crippen LogP contribution in [0.1, 0.15) is 18.1 Å². The minimum Gasteiger partial charge on any atom is -0.469 e. The molecule has 5 heteroatoms. The van der Waals surface area contributed by atoms with Crippen molar-refractivity contribution >= 4 is 5.97 Å². The number of nitrogens with zero attached hydrogens (tertiary/aromatic N) is 2. The van der Waals surface area contributed by atoms with Crippen molar-refractivity contribution in [3.8, 4) is 0 Å². The fourth-order valence-corrected chi connectivity index (χ4v) is 0.842. The maximum Gasteiger partial charge on any atom is 0.308 e. The van der Waals surface area contributed by atoms with E-state index in [4.69, 9.17) is 0 Å². The number of ether oxygens (including phenoxy) is 1. The van der Waals surface area contributed by atoms with Gasteiger partial charge in [0.15, 0.2) is 0 Å². The summed E-state index contributed by atoms with van der Waals surface area (Å²) in [4.78, 5) is 18.2. The molecule has 1 heterocycles. The van der Waals surface area contributed by atoms with E-state index in [0.717, 1.165) is 0 Å². The molecule has 0 aliphatic rings. The summed E-state index contributed by atoms with van der Waals surface area (Å²) in [5.41, 5.74) is 0.507. The van der Waals surface area contributed by atoms with Crippen LogP contribution in [0.25, 0.3) is 0 Å². The van der Waals surface area contributed by atoms with Gasteiger partial charge in [-0.2, -0.15) is 0 Å². The quantitative estimate of drug-likeness (QED) is 0.670. The summed E-state index contributed by atoms with van der Waals surface area (Å²) in [5, 5.41) is 9.44. The Hall–Kier alpha value is -1.49. The minimum atomic E-state index is -0.895. The van der Waals surface area contributed by atoms with Gasteiger partial charge < -0.3 is 9.84 Å². The van der Waals surface area contributed by atoms with Crippen LogP contribution in [0, 0.1) is 0 Å². The van der Waals surface area contributed by atoms with E-state index in [1.165, 1.54) is 25.8 Å². The molecule has 1 atom stereocenters. The zero-order valence-corrected chi connectivity index (χ0v) is 7.17. The van der Waals surface area contributed by atoms with Gasteiger partial charge in [-0.05, 0) is 0 Å². The third kappa shape index (κ3) is 2.79. The molecule has 1 rings (SSSR count). The Morgan fingerprint density at radius 1 is 1.62 bits per heavy atom. The van der Waals surface area contributed by atoms with Gasteiger partial charge >= 0.3 is 5.97 Å². The van der Waals surface area contributed by atoms with E-state index >= 15 is 0 Å². The zero-order valence-electron chi connectivity index (χ0n) is 7.17. The molecule has 70 valence electrons. The van der Waals surface area contributed by atoms with E-state index in [2.05, 4.69) is 14.7 Å². The van der Waals surface area contributed by atoms with Crippen LogP contribution in [0.5, 0.6) is 0 Å². The molecule has 0 radical (unpaired) electrons. The van der Waals surface area contributed by atoms with Crippen LogP contribution in [-0.4, -0.2) is 28.2 Å². The fraction of sp³-hybridized carbons (Fsp3) is 0.375. The number of hydrogen-bond acceptors (Lipinski definition) is 5. The summed E-state index contributed by atoms with van der Waals surface area (Å²) in [5.74, 6) is -0.462. The predicted octanol–water partition coefficient (Wildman–Crippen LogP) is 0.0731. The van der Waals surface area contributed by atoms with Gasteiger partial charge in [0.1, 0.15) is 6.33 Å². The first-order chi connectivity index (χ1) is 6.24. The van der Waals surface area contributed by atoms with Crippen LogP contribution >= 0.6 is 0 Å². The third-order valence-electron chi connectivity index (χ3n) is 1.55. The summed E-state index contributed by atoms with van der Waals surface area (Å²) in [7, 11) is 1.27. The molecule has 1 unspecified atom stereocenters. The van der Waals surface area contributed by atoms with Crippen molar-refractivity contribution in [3.05, 3.63) is 24.3 Å². The largest absolute Gasteiger partial charge is 0.469 e. The number of carbonyl (C=O) groups is 1.